The SMILES string of the molecule is Cc1ccc(C(=O)NC2CC2)cc1NC(=O)CC1(CN)CCCCC1.Cl. The van der Waals surface area contributed by atoms with Crippen LogP contribution in [0.2, 0.25) is 0 Å². The lowest BCUT2D eigenvalue weighted by Crippen LogP contribution is -2.36. The fourth-order valence-corrected chi connectivity index (χ4v) is 3.68. The standard InChI is InChI=1S/C20H29N3O2.ClH/c1-14-5-6-15(19(25)22-16-7-8-16)11-17(14)23-18(24)12-20(13-21)9-3-2-4-10-20;/h5-6,11,16H,2-4,7-10,12-13,21H2,1H3,(H,22,25)(H,23,24);1H. The third kappa shape index (κ3) is 5.21. The van der Waals surface area contributed by atoms with Crippen molar-refractivity contribution in [2.45, 2.75) is 64.3 Å². The lowest BCUT2D eigenvalue weighted by molar-refractivity contribution is -0.118. The van der Waals surface area contributed by atoms with E-state index in [2.05, 4.69) is 10.6 Å². The Balaban J connectivity index is 0.00000243. The lowest BCUT2D eigenvalue weighted by Gasteiger charge is -2.35. The number of amides is 2. The van der Waals surface area contributed by atoms with Gasteiger partial charge in [0.2, 0.25) is 5.91 Å². The number of nitrogens with two attached hydrogens (primary N) is 1. The summed E-state index contributed by atoms with van der Waals surface area (Å²) in [4.78, 5) is 24.8. The van der Waals surface area contributed by atoms with Gasteiger partial charge in [0.1, 0.15) is 0 Å². The summed E-state index contributed by atoms with van der Waals surface area (Å²) in [6, 6.07) is 5.80. The molecule has 0 aliphatic heterocycles. The van der Waals surface area contributed by atoms with Crippen LogP contribution < -0.4 is 16.4 Å². The number of rotatable bonds is 6. The minimum atomic E-state index is -0.0660. The van der Waals surface area contributed by atoms with Crippen LogP contribution >= 0.6 is 12.4 Å². The summed E-state index contributed by atoms with van der Waals surface area (Å²) in [6.45, 7) is 2.50. The van der Waals surface area contributed by atoms with E-state index in [1.807, 2.05) is 19.1 Å². The van der Waals surface area contributed by atoms with Crippen molar-refractivity contribution in [3.8, 4) is 0 Å². The van der Waals surface area contributed by atoms with Gasteiger partial charge in [-0.15, -0.1) is 12.4 Å². The fourth-order valence-electron chi connectivity index (χ4n) is 3.68. The second-order valence-corrected chi connectivity index (χ2v) is 7.77. The van der Waals surface area contributed by atoms with Gasteiger partial charge in [-0.1, -0.05) is 25.3 Å². The van der Waals surface area contributed by atoms with Crippen LogP contribution in [0.5, 0.6) is 0 Å². The van der Waals surface area contributed by atoms with Gasteiger partial charge in [-0.3, -0.25) is 9.59 Å². The molecule has 144 valence electrons. The molecule has 6 heteroatoms. The molecule has 0 saturated heterocycles. The molecule has 5 nitrogen and oxygen atoms in total. The first kappa shape index (κ1) is 20.7. The van der Waals surface area contributed by atoms with Crippen LogP contribution in [0.3, 0.4) is 0 Å². The third-order valence-corrected chi connectivity index (χ3v) is 5.57. The average Bonchev–Trinajstić information content (AvgIpc) is 3.41. The monoisotopic (exact) mass is 379 g/mol. The number of anilines is 1. The molecule has 3 rings (SSSR count). The van der Waals surface area contributed by atoms with E-state index < -0.39 is 0 Å². The molecule has 1 aromatic carbocycles. The highest BCUT2D eigenvalue weighted by molar-refractivity contribution is 5.98. The number of hydrogen-bond acceptors (Lipinski definition) is 3. The third-order valence-electron chi connectivity index (χ3n) is 5.57. The average molecular weight is 380 g/mol. The lowest BCUT2D eigenvalue weighted by atomic mass is 9.71. The molecule has 2 amide bonds. The number of aryl methyl sites for hydroxylation is 1. The maximum atomic E-state index is 12.6. The molecule has 0 aromatic heterocycles. The first-order valence-corrected chi connectivity index (χ1v) is 9.43. The Morgan fingerprint density at radius 2 is 1.88 bits per heavy atom. The second kappa shape index (κ2) is 8.87. The van der Waals surface area contributed by atoms with Crippen molar-refractivity contribution in [3.05, 3.63) is 29.3 Å². The maximum Gasteiger partial charge on any atom is 0.251 e. The molecular formula is C20H30ClN3O2. The van der Waals surface area contributed by atoms with Crippen molar-refractivity contribution in [1.82, 2.24) is 5.32 Å². The van der Waals surface area contributed by atoms with Crippen molar-refractivity contribution in [2.75, 3.05) is 11.9 Å². The zero-order valence-electron chi connectivity index (χ0n) is 15.5. The number of benzene rings is 1. The smallest absolute Gasteiger partial charge is 0.251 e. The van der Waals surface area contributed by atoms with Crippen molar-refractivity contribution < 1.29 is 9.59 Å². The van der Waals surface area contributed by atoms with Crippen LogP contribution in [0.1, 0.15) is 67.3 Å². The van der Waals surface area contributed by atoms with Crippen molar-refractivity contribution in [3.63, 3.8) is 0 Å². The summed E-state index contributed by atoms with van der Waals surface area (Å²) in [5, 5.41) is 5.99. The minimum absolute atomic E-state index is 0. The van der Waals surface area contributed by atoms with E-state index in [0.717, 1.165) is 49.8 Å². The van der Waals surface area contributed by atoms with E-state index in [0.29, 0.717) is 24.6 Å². The Hall–Kier alpha value is -1.59. The van der Waals surface area contributed by atoms with E-state index >= 15 is 0 Å². The number of carbonyl (C=O) groups excluding carboxylic acids is 2. The van der Waals surface area contributed by atoms with Gasteiger partial charge in [-0.05, 0) is 62.3 Å². The van der Waals surface area contributed by atoms with E-state index in [4.69, 9.17) is 5.73 Å². The quantitative estimate of drug-likeness (QED) is 0.706. The fraction of sp³-hybridized carbons (Fsp3) is 0.600. The first-order valence-electron chi connectivity index (χ1n) is 9.43. The van der Waals surface area contributed by atoms with Crippen molar-refractivity contribution in [1.29, 1.82) is 0 Å². The Morgan fingerprint density at radius 3 is 2.50 bits per heavy atom. The number of carbonyl (C=O) groups is 2. The molecule has 0 radical (unpaired) electrons. The zero-order chi connectivity index (χ0) is 17.9. The molecule has 0 unspecified atom stereocenters. The van der Waals surface area contributed by atoms with E-state index in [1.54, 1.807) is 6.07 Å². The van der Waals surface area contributed by atoms with Gasteiger partial charge in [0.25, 0.3) is 5.91 Å². The van der Waals surface area contributed by atoms with Gasteiger partial charge in [-0.25, -0.2) is 0 Å². The van der Waals surface area contributed by atoms with Gasteiger partial charge in [0.15, 0.2) is 0 Å². The highest BCUT2D eigenvalue weighted by atomic mass is 35.5. The molecule has 2 aliphatic carbocycles. The molecule has 2 aliphatic rings. The molecule has 1 aromatic rings. The topological polar surface area (TPSA) is 84.2 Å². The van der Waals surface area contributed by atoms with Crippen LogP contribution in [0, 0.1) is 12.3 Å². The number of nitrogens with one attached hydrogen (secondary N) is 2. The molecule has 2 fully saturated rings. The largest absolute Gasteiger partial charge is 0.349 e. The molecule has 0 bridgehead atoms. The van der Waals surface area contributed by atoms with Gasteiger partial charge >= 0.3 is 0 Å². The second-order valence-electron chi connectivity index (χ2n) is 7.77. The maximum absolute atomic E-state index is 12.6. The van der Waals surface area contributed by atoms with E-state index in [1.165, 1.54) is 6.42 Å². The van der Waals surface area contributed by atoms with Crippen LogP contribution in [0.15, 0.2) is 18.2 Å². The summed E-state index contributed by atoms with van der Waals surface area (Å²) >= 11 is 0. The molecule has 2 saturated carbocycles. The molecule has 4 N–H and O–H groups in total. The van der Waals surface area contributed by atoms with Gasteiger partial charge < -0.3 is 16.4 Å². The van der Waals surface area contributed by atoms with Gasteiger partial charge in [0.05, 0.1) is 0 Å². The Bertz CT molecular complexity index is 652. The predicted molar refractivity (Wildman–Crippen MR) is 107 cm³/mol. The van der Waals surface area contributed by atoms with Crippen LogP contribution in [0.4, 0.5) is 5.69 Å². The van der Waals surface area contributed by atoms with Gasteiger partial charge in [-0.2, -0.15) is 0 Å². The summed E-state index contributed by atoms with van der Waals surface area (Å²) in [5.74, 6) is -0.0705. The van der Waals surface area contributed by atoms with Crippen LogP contribution in [0.25, 0.3) is 0 Å². The molecule has 0 spiro atoms. The highest BCUT2D eigenvalue weighted by Crippen LogP contribution is 2.38. The molecule has 0 heterocycles. The van der Waals surface area contributed by atoms with Gasteiger partial charge in [0, 0.05) is 23.7 Å². The number of hydrogen-bond donors (Lipinski definition) is 3. The summed E-state index contributed by atoms with van der Waals surface area (Å²) in [7, 11) is 0. The summed E-state index contributed by atoms with van der Waals surface area (Å²) < 4.78 is 0. The van der Waals surface area contributed by atoms with Crippen LogP contribution in [-0.4, -0.2) is 24.4 Å². The molecular weight excluding hydrogens is 350 g/mol. The van der Waals surface area contributed by atoms with E-state index in [-0.39, 0.29) is 29.6 Å². The molecule has 0 atom stereocenters. The highest BCUT2D eigenvalue weighted by Gasteiger charge is 2.33. The van der Waals surface area contributed by atoms with E-state index in [9.17, 15) is 9.59 Å². The normalized spacial score (nSPS) is 18.5. The van der Waals surface area contributed by atoms with Crippen LogP contribution in [-0.2, 0) is 4.79 Å². The Labute approximate surface area is 161 Å². The van der Waals surface area contributed by atoms with Crippen molar-refractivity contribution >= 4 is 29.9 Å². The number of halogens is 1. The van der Waals surface area contributed by atoms with Crippen molar-refractivity contribution in [2.24, 2.45) is 11.1 Å². The minimum Gasteiger partial charge on any atom is -0.349 e. The Kier molecular flexibility index (Phi) is 7.07. The predicted octanol–water partition coefficient (Wildman–Crippen LogP) is 3.55. The summed E-state index contributed by atoms with van der Waals surface area (Å²) in [6.07, 6.45) is 8.17. The zero-order valence-corrected chi connectivity index (χ0v) is 16.3. The first-order chi connectivity index (χ1) is 12.0. The summed E-state index contributed by atoms with van der Waals surface area (Å²) in [5.41, 5.74) is 8.21. The molecule has 26 heavy (non-hydrogen) atoms. The Morgan fingerprint density at radius 1 is 1.19 bits per heavy atom.